The molecule has 3 fully saturated rings. The van der Waals surface area contributed by atoms with Gasteiger partial charge in [-0.05, 0) is 78.7 Å². The smallest absolute Gasteiger partial charge is 0.331 e. The molecule has 8 rings (SSSR count). The van der Waals surface area contributed by atoms with Gasteiger partial charge in [0, 0.05) is 108 Å². The highest BCUT2D eigenvalue weighted by Gasteiger charge is 2.34. The normalized spacial score (nSPS) is 18.4. The number of urea groups is 1. The minimum Gasteiger partial charge on any atom is -0.497 e. The molecule has 14 heteroatoms. The topological polar surface area (TPSA) is 113 Å². The third kappa shape index (κ3) is 8.65. The van der Waals surface area contributed by atoms with Crippen molar-refractivity contribution in [2.45, 2.75) is 25.9 Å². The maximum Gasteiger partial charge on any atom is 0.331 e. The van der Waals surface area contributed by atoms with Gasteiger partial charge in [-0.1, -0.05) is 23.7 Å². The lowest BCUT2D eigenvalue weighted by atomic mass is 10.1. The number of halogens is 1. The largest absolute Gasteiger partial charge is 0.497 e. The molecule has 4 aliphatic rings. The molecule has 3 amide bonds. The fraction of sp³-hybridized carbons (Fsp3) is 0.415. The lowest BCUT2D eigenvalue weighted by Gasteiger charge is -2.39. The number of carbonyl (C=O) groups excluding carboxylic acids is 2. The Bertz CT molecular complexity index is 1960. The van der Waals surface area contributed by atoms with Gasteiger partial charge in [0.15, 0.2) is 0 Å². The molecule has 5 heterocycles. The fourth-order valence-corrected chi connectivity index (χ4v) is 8.09. The number of fused-ring (bicyclic) bond motifs is 1. The molecular weight excluding hydrogens is 716 g/mol. The number of amides is 3. The third-order valence-corrected chi connectivity index (χ3v) is 11.5. The fourth-order valence-electron chi connectivity index (χ4n) is 7.82. The van der Waals surface area contributed by atoms with Gasteiger partial charge in [-0.25, -0.2) is 14.8 Å². The van der Waals surface area contributed by atoms with Gasteiger partial charge in [0.1, 0.15) is 5.75 Å². The lowest BCUT2D eigenvalue weighted by molar-refractivity contribution is -0.129. The van der Waals surface area contributed by atoms with E-state index >= 15 is 0 Å². The zero-order chi connectivity index (χ0) is 37.7. The number of imide groups is 1. The molecule has 0 unspecified atom stereocenters. The Morgan fingerprint density at radius 2 is 1.47 bits per heavy atom. The van der Waals surface area contributed by atoms with Crippen LogP contribution in [0.1, 0.15) is 23.2 Å². The van der Waals surface area contributed by atoms with Crippen LogP contribution in [0.4, 0.5) is 33.5 Å². The van der Waals surface area contributed by atoms with Gasteiger partial charge in [0.05, 0.1) is 30.1 Å². The summed E-state index contributed by atoms with van der Waals surface area (Å²) in [6.45, 7) is 12.3. The average molecular weight is 765 g/mol. The first-order chi connectivity index (χ1) is 26.9. The number of nitrogens with zero attached hydrogens (tertiary/aromatic N) is 8. The minimum absolute atomic E-state index is 0.185. The highest BCUT2D eigenvalue weighted by Crippen LogP contribution is 2.33. The van der Waals surface area contributed by atoms with E-state index in [1.54, 1.807) is 12.0 Å². The highest BCUT2D eigenvalue weighted by atomic mass is 35.5. The van der Waals surface area contributed by atoms with Crippen molar-refractivity contribution in [2.75, 3.05) is 106 Å². The molecule has 0 saturated carbocycles. The van der Waals surface area contributed by atoms with Gasteiger partial charge in [-0.15, -0.1) is 0 Å². The van der Waals surface area contributed by atoms with Crippen LogP contribution < -0.4 is 30.1 Å². The molecule has 288 valence electrons. The van der Waals surface area contributed by atoms with Gasteiger partial charge in [0.2, 0.25) is 11.9 Å². The number of piperazine rings is 2. The van der Waals surface area contributed by atoms with Gasteiger partial charge < -0.3 is 25.2 Å². The van der Waals surface area contributed by atoms with Crippen molar-refractivity contribution in [3.63, 3.8) is 0 Å². The molecule has 3 saturated heterocycles. The van der Waals surface area contributed by atoms with Crippen LogP contribution >= 0.6 is 11.6 Å². The van der Waals surface area contributed by atoms with Gasteiger partial charge >= 0.3 is 6.03 Å². The van der Waals surface area contributed by atoms with Gasteiger partial charge in [-0.2, -0.15) is 0 Å². The molecule has 0 bridgehead atoms. The van der Waals surface area contributed by atoms with Crippen molar-refractivity contribution in [1.82, 2.24) is 30.0 Å². The molecule has 4 aromatic rings. The molecule has 1 aromatic heterocycles. The first-order valence-electron chi connectivity index (χ1n) is 19.3. The molecule has 0 atom stereocenters. The second-order valence-electron chi connectivity index (χ2n) is 14.6. The first kappa shape index (κ1) is 37.0. The standard InChI is InChI=1S/C41H49ClN10O3/c1-55-35-9-2-30(3-10-35)29-52-39(53)13-15-51(41(52)54)38-11-8-34(26-36(38)42)50-24-20-48(21-25-50)17-16-47-18-22-49(23-19-47)33-6-4-32(5-7-33)45-40-44-27-31-12-14-43-28-37(31)46-40/h2-11,26-27,43H,12-25,28-29H2,1H3,(H,44,45,46). The van der Waals surface area contributed by atoms with E-state index in [0.29, 0.717) is 23.2 Å². The second-order valence-corrected chi connectivity index (χ2v) is 15.0. The summed E-state index contributed by atoms with van der Waals surface area (Å²) in [7, 11) is 1.61. The summed E-state index contributed by atoms with van der Waals surface area (Å²) < 4.78 is 5.23. The van der Waals surface area contributed by atoms with Crippen molar-refractivity contribution >= 4 is 52.2 Å². The van der Waals surface area contributed by atoms with E-state index in [2.05, 4.69) is 59.5 Å². The van der Waals surface area contributed by atoms with Crippen LogP contribution in [-0.2, 0) is 24.3 Å². The quantitative estimate of drug-likeness (QED) is 0.219. The number of benzene rings is 3. The van der Waals surface area contributed by atoms with E-state index in [4.69, 9.17) is 21.3 Å². The Morgan fingerprint density at radius 3 is 2.15 bits per heavy atom. The van der Waals surface area contributed by atoms with E-state index < -0.39 is 0 Å². The summed E-state index contributed by atoms with van der Waals surface area (Å²) in [5.74, 6) is 1.18. The minimum atomic E-state index is -0.353. The van der Waals surface area contributed by atoms with E-state index in [-0.39, 0.29) is 24.9 Å². The Labute approximate surface area is 327 Å². The van der Waals surface area contributed by atoms with E-state index in [1.807, 2.05) is 48.7 Å². The monoisotopic (exact) mass is 764 g/mol. The molecule has 0 aliphatic carbocycles. The van der Waals surface area contributed by atoms with Crippen molar-refractivity contribution in [3.8, 4) is 5.75 Å². The van der Waals surface area contributed by atoms with E-state index in [9.17, 15) is 9.59 Å². The number of nitrogens with one attached hydrogen (secondary N) is 2. The summed E-state index contributed by atoms with van der Waals surface area (Å²) in [5.41, 5.74) is 7.09. The number of rotatable bonds is 11. The van der Waals surface area contributed by atoms with Crippen molar-refractivity contribution in [3.05, 3.63) is 94.8 Å². The SMILES string of the molecule is COc1ccc(CN2C(=O)CCN(c3ccc(N4CCN(CCN5CCN(c6ccc(Nc7ncc8c(n7)CNCC8)cc6)CC5)CC4)cc3Cl)C2=O)cc1. The Hall–Kier alpha value is -4.95. The third-order valence-electron chi connectivity index (χ3n) is 11.2. The van der Waals surface area contributed by atoms with Crippen LogP contribution in [0.5, 0.6) is 5.75 Å². The maximum absolute atomic E-state index is 13.5. The highest BCUT2D eigenvalue weighted by molar-refractivity contribution is 6.34. The summed E-state index contributed by atoms with van der Waals surface area (Å²) in [5, 5.41) is 7.25. The van der Waals surface area contributed by atoms with Crippen molar-refractivity contribution in [2.24, 2.45) is 0 Å². The zero-order valence-corrected chi connectivity index (χ0v) is 32.2. The maximum atomic E-state index is 13.5. The molecule has 0 radical (unpaired) electrons. The van der Waals surface area contributed by atoms with Gasteiger partial charge in [-0.3, -0.25) is 24.4 Å². The molecule has 4 aliphatic heterocycles. The zero-order valence-electron chi connectivity index (χ0n) is 31.4. The molecule has 55 heavy (non-hydrogen) atoms. The summed E-state index contributed by atoms with van der Waals surface area (Å²) in [6.07, 6.45) is 3.17. The second kappa shape index (κ2) is 16.8. The van der Waals surface area contributed by atoms with Crippen LogP contribution in [-0.4, -0.2) is 122 Å². The first-order valence-corrected chi connectivity index (χ1v) is 19.7. The van der Waals surface area contributed by atoms with Crippen LogP contribution in [0.3, 0.4) is 0 Å². The predicted molar refractivity (Wildman–Crippen MR) is 217 cm³/mol. The number of hydrogen-bond donors (Lipinski definition) is 2. The lowest BCUT2D eigenvalue weighted by Crippen LogP contribution is -2.52. The van der Waals surface area contributed by atoms with Crippen molar-refractivity contribution in [1.29, 1.82) is 0 Å². The average Bonchev–Trinajstić information content (AvgIpc) is 3.23. The van der Waals surface area contributed by atoms with Crippen LogP contribution in [0.25, 0.3) is 0 Å². The molecule has 3 aromatic carbocycles. The number of ether oxygens (including phenoxy) is 1. The Balaban J connectivity index is 0.770. The van der Waals surface area contributed by atoms with E-state index in [1.165, 1.54) is 16.2 Å². The number of anilines is 5. The summed E-state index contributed by atoms with van der Waals surface area (Å²) >= 11 is 6.83. The van der Waals surface area contributed by atoms with Crippen LogP contribution in [0, 0.1) is 0 Å². The Kier molecular flexibility index (Phi) is 11.3. The number of aromatic nitrogens is 2. The summed E-state index contributed by atoms with van der Waals surface area (Å²) in [4.78, 5) is 48.4. The number of hydrogen-bond acceptors (Lipinski definition) is 11. The number of methoxy groups -OCH3 is 1. The van der Waals surface area contributed by atoms with Gasteiger partial charge in [0.25, 0.3) is 0 Å². The van der Waals surface area contributed by atoms with Crippen LogP contribution in [0.2, 0.25) is 5.02 Å². The van der Waals surface area contributed by atoms with E-state index in [0.717, 1.165) is 113 Å². The molecule has 2 N–H and O–H groups in total. The molecule has 13 nitrogen and oxygen atoms in total. The van der Waals surface area contributed by atoms with Crippen molar-refractivity contribution < 1.29 is 14.3 Å². The number of carbonyl (C=O) groups is 2. The predicted octanol–water partition coefficient (Wildman–Crippen LogP) is 4.83. The molecular formula is C41H49ClN10O3. The summed E-state index contributed by atoms with van der Waals surface area (Å²) in [6, 6.07) is 21.5. The van der Waals surface area contributed by atoms with Crippen LogP contribution in [0.15, 0.2) is 72.9 Å². The Morgan fingerprint density at radius 1 is 0.800 bits per heavy atom. The molecule has 0 spiro atoms.